The lowest BCUT2D eigenvalue weighted by molar-refractivity contribution is 0.0529. The number of rotatable bonds is 3. The molecule has 0 saturated heterocycles. The number of ether oxygens (including phenoxy) is 3. The van der Waals surface area contributed by atoms with Crippen LogP contribution < -0.4 is 14.2 Å². The van der Waals surface area contributed by atoms with E-state index >= 15 is 0 Å². The Morgan fingerprint density at radius 3 is 2.19 bits per heavy atom. The number of methoxy groups -OCH3 is 1. The van der Waals surface area contributed by atoms with Crippen molar-refractivity contribution in [1.29, 1.82) is 5.26 Å². The number of fused-ring (bicyclic) bond motifs is 2. The summed E-state index contributed by atoms with van der Waals surface area (Å²) in [5.41, 5.74) is 0.928. The second-order valence-electron chi connectivity index (χ2n) is 8.12. The van der Waals surface area contributed by atoms with Crippen molar-refractivity contribution in [2.24, 2.45) is 0 Å². The molecule has 5 rings (SSSR count). The van der Waals surface area contributed by atoms with Gasteiger partial charge in [-0.1, -0.05) is 12.1 Å². The van der Waals surface area contributed by atoms with Crippen molar-refractivity contribution < 1.29 is 23.8 Å². The summed E-state index contributed by atoms with van der Waals surface area (Å²) >= 11 is 0. The van der Waals surface area contributed by atoms with E-state index in [1.54, 1.807) is 37.4 Å². The molecule has 1 aliphatic carbocycles. The van der Waals surface area contributed by atoms with Gasteiger partial charge >= 0.3 is 0 Å². The number of imide groups is 1. The standard InChI is InChI=1S/C24H22N2O5/c1-29-19-7-6-18(20-21(19)31-13-12-30-20)24(14-25)10-8-15(9-11-24)26-22(27)16-4-2-3-5-17(16)23(26)28/h2-7,15H,8-13H2,1H3/t15-,24-. The SMILES string of the molecule is COc1ccc([C@]2(C#N)CC[C@@H](N3C(=O)c4ccccc4C3=O)CC2)c2c1OCCO2. The lowest BCUT2D eigenvalue weighted by atomic mass is 9.68. The molecule has 2 heterocycles. The maximum atomic E-state index is 12.9. The summed E-state index contributed by atoms with van der Waals surface area (Å²) in [6, 6.07) is 12.9. The van der Waals surface area contributed by atoms with Gasteiger partial charge in [0.2, 0.25) is 5.75 Å². The van der Waals surface area contributed by atoms with E-state index in [0.29, 0.717) is 67.3 Å². The van der Waals surface area contributed by atoms with Crippen molar-refractivity contribution in [3.63, 3.8) is 0 Å². The van der Waals surface area contributed by atoms with E-state index in [9.17, 15) is 14.9 Å². The van der Waals surface area contributed by atoms with Crippen LogP contribution in [0.3, 0.4) is 0 Å². The number of carbonyl (C=O) groups is 2. The topological polar surface area (TPSA) is 88.9 Å². The lowest BCUT2D eigenvalue weighted by Gasteiger charge is -2.39. The van der Waals surface area contributed by atoms with E-state index in [2.05, 4.69) is 6.07 Å². The molecule has 0 bridgehead atoms. The molecular formula is C24H22N2O5. The summed E-state index contributed by atoms with van der Waals surface area (Å²) in [6.45, 7) is 0.834. The van der Waals surface area contributed by atoms with E-state index in [1.807, 2.05) is 6.07 Å². The van der Waals surface area contributed by atoms with Gasteiger partial charge in [0.15, 0.2) is 11.5 Å². The number of carbonyl (C=O) groups excluding carboxylic acids is 2. The maximum absolute atomic E-state index is 12.9. The van der Waals surface area contributed by atoms with Crippen molar-refractivity contribution in [1.82, 2.24) is 4.90 Å². The third kappa shape index (κ3) is 2.86. The van der Waals surface area contributed by atoms with Gasteiger partial charge in [-0.2, -0.15) is 5.26 Å². The van der Waals surface area contributed by atoms with Gasteiger partial charge in [-0.05, 0) is 49.9 Å². The van der Waals surface area contributed by atoms with Crippen molar-refractivity contribution >= 4 is 11.8 Å². The zero-order chi connectivity index (χ0) is 21.6. The number of nitriles is 1. The van der Waals surface area contributed by atoms with Crippen molar-refractivity contribution in [3.8, 4) is 23.3 Å². The summed E-state index contributed by atoms with van der Waals surface area (Å²) in [7, 11) is 1.57. The quantitative estimate of drug-likeness (QED) is 0.709. The summed E-state index contributed by atoms with van der Waals surface area (Å²) in [5.74, 6) is 1.18. The molecular weight excluding hydrogens is 396 g/mol. The molecule has 0 atom stereocenters. The Hall–Kier alpha value is -3.53. The first-order chi connectivity index (χ1) is 15.1. The molecule has 2 aliphatic heterocycles. The molecule has 2 amide bonds. The summed E-state index contributed by atoms with van der Waals surface area (Å²) in [4.78, 5) is 27.1. The van der Waals surface area contributed by atoms with Crippen LogP contribution >= 0.6 is 0 Å². The first kappa shape index (κ1) is 19.4. The highest BCUT2D eigenvalue weighted by Gasteiger charge is 2.46. The second kappa shape index (κ2) is 7.31. The third-order valence-electron chi connectivity index (χ3n) is 6.60. The predicted octanol–water partition coefficient (Wildman–Crippen LogP) is 3.47. The fourth-order valence-electron chi connectivity index (χ4n) is 4.98. The highest BCUT2D eigenvalue weighted by molar-refractivity contribution is 6.21. The van der Waals surface area contributed by atoms with Crippen LogP contribution in [0, 0.1) is 11.3 Å². The predicted molar refractivity (Wildman–Crippen MR) is 110 cm³/mol. The van der Waals surface area contributed by atoms with Gasteiger partial charge in [0.1, 0.15) is 13.2 Å². The lowest BCUT2D eigenvalue weighted by Crippen LogP contribution is -2.45. The van der Waals surface area contributed by atoms with Crippen molar-refractivity contribution in [2.45, 2.75) is 37.1 Å². The maximum Gasteiger partial charge on any atom is 0.261 e. The minimum Gasteiger partial charge on any atom is -0.493 e. The van der Waals surface area contributed by atoms with Gasteiger partial charge in [0, 0.05) is 11.6 Å². The van der Waals surface area contributed by atoms with Crippen LogP contribution in [-0.2, 0) is 5.41 Å². The molecule has 31 heavy (non-hydrogen) atoms. The van der Waals surface area contributed by atoms with E-state index in [1.165, 1.54) is 4.90 Å². The first-order valence-corrected chi connectivity index (χ1v) is 10.4. The number of nitrogens with zero attached hydrogens (tertiary/aromatic N) is 2. The minimum absolute atomic E-state index is 0.222. The van der Waals surface area contributed by atoms with Gasteiger partial charge in [-0.3, -0.25) is 14.5 Å². The van der Waals surface area contributed by atoms with E-state index < -0.39 is 5.41 Å². The fourth-order valence-corrected chi connectivity index (χ4v) is 4.98. The fraction of sp³-hybridized carbons (Fsp3) is 0.375. The van der Waals surface area contributed by atoms with Crippen molar-refractivity contribution in [2.75, 3.05) is 20.3 Å². The van der Waals surface area contributed by atoms with Gasteiger partial charge < -0.3 is 14.2 Å². The second-order valence-corrected chi connectivity index (χ2v) is 8.12. The van der Waals surface area contributed by atoms with E-state index in [-0.39, 0.29) is 17.9 Å². The zero-order valence-corrected chi connectivity index (χ0v) is 17.2. The summed E-state index contributed by atoms with van der Waals surface area (Å²) < 4.78 is 17.1. The monoisotopic (exact) mass is 418 g/mol. The molecule has 0 radical (unpaired) electrons. The number of hydrogen-bond acceptors (Lipinski definition) is 6. The largest absolute Gasteiger partial charge is 0.493 e. The molecule has 2 aromatic rings. The molecule has 7 heteroatoms. The highest BCUT2D eigenvalue weighted by atomic mass is 16.6. The Bertz CT molecular complexity index is 1080. The Morgan fingerprint density at radius 2 is 1.61 bits per heavy atom. The molecule has 158 valence electrons. The molecule has 0 unspecified atom stereocenters. The molecule has 3 aliphatic rings. The molecule has 0 aromatic heterocycles. The van der Waals surface area contributed by atoms with Gasteiger partial charge in [-0.25, -0.2) is 0 Å². The molecule has 7 nitrogen and oxygen atoms in total. The molecule has 1 fully saturated rings. The van der Waals surface area contributed by atoms with E-state index in [4.69, 9.17) is 14.2 Å². The first-order valence-electron chi connectivity index (χ1n) is 10.4. The molecule has 0 spiro atoms. The van der Waals surface area contributed by atoms with E-state index in [0.717, 1.165) is 5.56 Å². The molecule has 2 aromatic carbocycles. The average molecular weight is 418 g/mol. The van der Waals surface area contributed by atoms with Gasteiger partial charge in [-0.15, -0.1) is 0 Å². The van der Waals surface area contributed by atoms with Crippen LogP contribution in [0.1, 0.15) is 52.0 Å². The van der Waals surface area contributed by atoms with Crippen molar-refractivity contribution in [3.05, 3.63) is 53.1 Å². The van der Waals surface area contributed by atoms with Crippen LogP contribution in [0.4, 0.5) is 0 Å². The molecule has 1 saturated carbocycles. The third-order valence-corrected chi connectivity index (χ3v) is 6.60. The van der Waals surface area contributed by atoms with Gasteiger partial charge in [0.25, 0.3) is 11.8 Å². The molecule has 0 N–H and O–H groups in total. The Balaban J connectivity index is 1.43. The minimum atomic E-state index is -0.772. The van der Waals surface area contributed by atoms with Crippen LogP contribution in [0.2, 0.25) is 0 Å². The number of benzene rings is 2. The number of amides is 2. The van der Waals surface area contributed by atoms with Crippen LogP contribution in [0.15, 0.2) is 36.4 Å². The number of hydrogen-bond donors (Lipinski definition) is 0. The van der Waals surface area contributed by atoms with Crippen LogP contribution in [0.25, 0.3) is 0 Å². The smallest absolute Gasteiger partial charge is 0.261 e. The Labute approximate surface area is 180 Å². The normalized spacial score (nSPS) is 24.5. The average Bonchev–Trinajstić information content (AvgIpc) is 3.08. The summed E-state index contributed by atoms with van der Waals surface area (Å²) in [6.07, 6.45) is 2.15. The summed E-state index contributed by atoms with van der Waals surface area (Å²) in [5, 5.41) is 10.2. The Morgan fingerprint density at radius 1 is 1.00 bits per heavy atom. The highest BCUT2D eigenvalue weighted by Crippen LogP contribution is 2.51. The van der Waals surface area contributed by atoms with Gasteiger partial charge in [0.05, 0.1) is 29.7 Å². The van der Waals surface area contributed by atoms with Crippen LogP contribution in [0.5, 0.6) is 17.2 Å². The zero-order valence-electron chi connectivity index (χ0n) is 17.2. The Kier molecular flexibility index (Phi) is 4.58. The van der Waals surface area contributed by atoms with Crippen LogP contribution in [-0.4, -0.2) is 43.1 Å².